The third-order valence-electron chi connectivity index (χ3n) is 3.65. The molecule has 5 nitrogen and oxygen atoms in total. The van der Waals surface area contributed by atoms with Crippen LogP contribution in [0.2, 0.25) is 5.02 Å². The maximum Gasteiger partial charge on any atom is 0.242 e. The first-order valence-corrected chi connectivity index (χ1v) is 9.02. The molecule has 134 valence electrons. The highest BCUT2D eigenvalue weighted by Crippen LogP contribution is 2.31. The number of nitrogens with one attached hydrogen (secondary N) is 1. The zero-order valence-corrected chi connectivity index (χ0v) is 15.4. The Kier molecular flexibility index (Phi) is 5.58. The lowest BCUT2D eigenvalue weighted by Gasteiger charge is -2.09. The Morgan fingerprint density at radius 1 is 1.31 bits per heavy atom. The summed E-state index contributed by atoms with van der Waals surface area (Å²) < 4.78 is 13.3. The Morgan fingerprint density at radius 2 is 2.08 bits per heavy atom. The van der Waals surface area contributed by atoms with Gasteiger partial charge < -0.3 is 5.32 Å². The highest BCUT2D eigenvalue weighted by molar-refractivity contribution is 8.15. The molecule has 0 saturated carbocycles. The highest BCUT2D eigenvalue weighted by Gasteiger charge is 2.37. The van der Waals surface area contributed by atoms with Crippen molar-refractivity contribution in [1.82, 2.24) is 4.90 Å². The van der Waals surface area contributed by atoms with E-state index in [1.807, 2.05) is 0 Å². The number of hydrogen-bond donors (Lipinski definition) is 1. The van der Waals surface area contributed by atoms with Gasteiger partial charge in [-0.3, -0.25) is 14.5 Å². The first-order valence-electron chi connectivity index (χ1n) is 7.76. The van der Waals surface area contributed by atoms with Crippen LogP contribution in [0.1, 0.15) is 6.42 Å². The summed E-state index contributed by atoms with van der Waals surface area (Å²) in [7, 11) is 1.59. The maximum atomic E-state index is 13.3. The molecule has 1 saturated heterocycles. The summed E-state index contributed by atoms with van der Waals surface area (Å²) in [6.45, 7) is 0. The topological polar surface area (TPSA) is 61.8 Å². The van der Waals surface area contributed by atoms with E-state index in [9.17, 15) is 14.0 Å². The van der Waals surface area contributed by atoms with E-state index >= 15 is 0 Å². The molecule has 26 heavy (non-hydrogen) atoms. The fourth-order valence-electron chi connectivity index (χ4n) is 2.40. The zero-order valence-electron chi connectivity index (χ0n) is 13.8. The van der Waals surface area contributed by atoms with Gasteiger partial charge in [-0.2, -0.15) is 0 Å². The number of hydrogen-bond acceptors (Lipinski definition) is 4. The number of aliphatic imine (C=N–C) groups is 1. The van der Waals surface area contributed by atoms with Crippen molar-refractivity contribution in [3.63, 3.8) is 0 Å². The van der Waals surface area contributed by atoms with Crippen LogP contribution in [0, 0.1) is 5.82 Å². The number of anilines is 1. The third-order valence-corrected chi connectivity index (χ3v) is 5.12. The number of carbonyl (C=O) groups is 2. The molecule has 0 unspecified atom stereocenters. The molecule has 0 aliphatic carbocycles. The van der Waals surface area contributed by atoms with E-state index in [1.54, 1.807) is 43.4 Å². The van der Waals surface area contributed by atoms with Crippen LogP contribution >= 0.6 is 23.4 Å². The van der Waals surface area contributed by atoms with Gasteiger partial charge in [0, 0.05) is 24.2 Å². The molecule has 8 heteroatoms. The van der Waals surface area contributed by atoms with Gasteiger partial charge in [-0.25, -0.2) is 9.38 Å². The van der Waals surface area contributed by atoms with Crippen LogP contribution < -0.4 is 5.32 Å². The van der Waals surface area contributed by atoms with Gasteiger partial charge in [-0.1, -0.05) is 35.5 Å². The lowest BCUT2D eigenvalue weighted by Crippen LogP contribution is -2.30. The lowest BCUT2D eigenvalue weighted by molar-refractivity contribution is -0.127. The fraction of sp³-hybridized carbons (Fsp3) is 0.167. The molecule has 1 heterocycles. The first kappa shape index (κ1) is 18.4. The minimum Gasteiger partial charge on any atom is -0.326 e. The van der Waals surface area contributed by atoms with E-state index in [-0.39, 0.29) is 18.2 Å². The number of thioether (sulfide) groups is 1. The molecule has 0 bridgehead atoms. The van der Waals surface area contributed by atoms with Crippen molar-refractivity contribution < 1.29 is 14.0 Å². The van der Waals surface area contributed by atoms with Gasteiger partial charge in [-0.05, 0) is 36.4 Å². The van der Waals surface area contributed by atoms with Crippen LogP contribution in [0.25, 0.3) is 0 Å². The average molecular weight is 392 g/mol. The van der Waals surface area contributed by atoms with Crippen molar-refractivity contribution in [2.75, 3.05) is 12.4 Å². The molecule has 3 rings (SSSR count). The number of halogens is 2. The SMILES string of the molecule is CN1C(=O)[C@H](CC(=O)Nc2cccc(Cl)c2)SC1=Nc1cccc(F)c1. The van der Waals surface area contributed by atoms with Crippen molar-refractivity contribution in [2.24, 2.45) is 4.99 Å². The highest BCUT2D eigenvalue weighted by atomic mass is 35.5. The molecule has 0 radical (unpaired) electrons. The minimum atomic E-state index is -0.577. The van der Waals surface area contributed by atoms with E-state index in [1.165, 1.54) is 28.8 Å². The van der Waals surface area contributed by atoms with E-state index in [2.05, 4.69) is 10.3 Å². The third kappa shape index (κ3) is 4.42. The van der Waals surface area contributed by atoms with Crippen molar-refractivity contribution in [2.45, 2.75) is 11.7 Å². The van der Waals surface area contributed by atoms with Crippen LogP contribution in [0.15, 0.2) is 53.5 Å². The standard InChI is InChI=1S/C18H15ClFN3O2S/c1-23-17(25)15(10-16(24)21-13-6-2-4-11(19)8-13)26-18(23)22-14-7-3-5-12(20)9-14/h2-9,15H,10H2,1H3,(H,21,24)/t15-/m0/s1. The second-order valence-corrected chi connectivity index (χ2v) is 7.25. The van der Waals surface area contributed by atoms with Gasteiger partial charge in [0.15, 0.2) is 5.17 Å². The predicted molar refractivity (Wildman–Crippen MR) is 102 cm³/mol. The van der Waals surface area contributed by atoms with E-state index < -0.39 is 11.1 Å². The molecule has 1 aliphatic heterocycles. The van der Waals surface area contributed by atoms with E-state index in [0.717, 1.165) is 0 Å². The summed E-state index contributed by atoms with van der Waals surface area (Å²) in [6, 6.07) is 12.6. The van der Waals surface area contributed by atoms with Gasteiger partial charge >= 0.3 is 0 Å². The van der Waals surface area contributed by atoms with Crippen LogP contribution in [0.4, 0.5) is 15.8 Å². The normalized spacial score (nSPS) is 18.4. The second-order valence-electron chi connectivity index (χ2n) is 5.64. The summed E-state index contributed by atoms with van der Waals surface area (Å²) in [5.74, 6) is -0.911. The molecule has 0 aromatic heterocycles. The molecule has 1 N–H and O–H groups in total. The average Bonchev–Trinajstić information content (AvgIpc) is 2.83. The number of nitrogens with zero attached hydrogens (tertiary/aromatic N) is 2. The van der Waals surface area contributed by atoms with Crippen LogP contribution in [-0.2, 0) is 9.59 Å². The van der Waals surface area contributed by atoms with Crippen molar-refractivity contribution in [1.29, 1.82) is 0 Å². The molecule has 1 fully saturated rings. The molecule has 0 spiro atoms. The Hall–Kier alpha value is -2.38. The Balaban J connectivity index is 1.67. The fourth-order valence-corrected chi connectivity index (χ4v) is 3.74. The van der Waals surface area contributed by atoms with Crippen molar-refractivity contribution in [3.05, 3.63) is 59.4 Å². The molecular weight excluding hydrogens is 377 g/mol. The molecule has 2 aromatic carbocycles. The number of benzene rings is 2. The van der Waals surface area contributed by atoms with Gasteiger partial charge in [0.05, 0.1) is 5.69 Å². The van der Waals surface area contributed by atoms with Gasteiger partial charge in [0.25, 0.3) is 0 Å². The van der Waals surface area contributed by atoms with Gasteiger partial charge in [0.2, 0.25) is 11.8 Å². The minimum absolute atomic E-state index is 0.00250. The lowest BCUT2D eigenvalue weighted by atomic mass is 10.2. The Bertz CT molecular complexity index is 890. The zero-order chi connectivity index (χ0) is 18.7. The van der Waals surface area contributed by atoms with Crippen LogP contribution in [0.5, 0.6) is 0 Å². The van der Waals surface area contributed by atoms with E-state index in [4.69, 9.17) is 11.6 Å². The van der Waals surface area contributed by atoms with Crippen molar-refractivity contribution >= 4 is 51.7 Å². The molecule has 2 amide bonds. The number of carbonyl (C=O) groups excluding carboxylic acids is 2. The Labute approximate surface area is 159 Å². The summed E-state index contributed by atoms with van der Waals surface area (Å²) in [5.41, 5.74) is 0.983. The van der Waals surface area contributed by atoms with Crippen LogP contribution in [0.3, 0.4) is 0 Å². The number of amides is 2. The monoisotopic (exact) mass is 391 g/mol. The van der Waals surface area contributed by atoms with Gasteiger partial charge in [-0.15, -0.1) is 0 Å². The largest absolute Gasteiger partial charge is 0.326 e. The number of amidine groups is 1. The first-order chi connectivity index (χ1) is 12.4. The predicted octanol–water partition coefficient (Wildman–Crippen LogP) is 4.07. The Morgan fingerprint density at radius 3 is 2.81 bits per heavy atom. The maximum absolute atomic E-state index is 13.3. The van der Waals surface area contributed by atoms with E-state index in [0.29, 0.717) is 21.6 Å². The summed E-state index contributed by atoms with van der Waals surface area (Å²) in [5, 5.41) is 3.09. The summed E-state index contributed by atoms with van der Waals surface area (Å²) in [6.07, 6.45) is 0.00250. The van der Waals surface area contributed by atoms with Gasteiger partial charge in [0.1, 0.15) is 11.1 Å². The summed E-state index contributed by atoms with van der Waals surface area (Å²) >= 11 is 7.08. The quantitative estimate of drug-likeness (QED) is 0.854. The molecule has 2 aromatic rings. The molecule has 1 aliphatic rings. The number of rotatable bonds is 4. The molecular formula is C18H15ClFN3O2S. The van der Waals surface area contributed by atoms with Crippen LogP contribution in [-0.4, -0.2) is 34.2 Å². The molecule has 1 atom stereocenters. The second kappa shape index (κ2) is 7.88. The smallest absolute Gasteiger partial charge is 0.242 e. The van der Waals surface area contributed by atoms with Crippen molar-refractivity contribution in [3.8, 4) is 0 Å². The summed E-state index contributed by atoms with van der Waals surface area (Å²) in [4.78, 5) is 30.3.